The third-order valence-corrected chi connectivity index (χ3v) is 8.15. The molecule has 11 heteroatoms. The Bertz CT molecular complexity index is 1400. The zero-order valence-electron chi connectivity index (χ0n) is 18.5. The molecule has 0 radical (unpaired) electrons. The van der Waals surface area contributed by atoms with Gasteiger partial charge in [-0.1, -0.05) is 18.2 Å². The summed E-state index contributed by atoms with van der Waals surface area (Å²) in [6.07, 6.45) is 3.27. The molecule has 1 atom stereocenters. The van der Waals surface area contributed by atoms with E-state index in [0.29, 0.717) is 26.2 Å². The molecule has 3 heterocycles. The summed E-state index contributed by atoms with van der Waals surface area (Å²) < 4.78 is 33.3. The van der Waals surface area contributed by atoms with Crippen molar-refractivity contribution in [1.82, 2.24) is 18.8 Å². The molecule has 180 valence electrons. The molecular formula is C23H28N6O3S2. The first kappa shape index (κ1) is 22.4. The van der Waals surface area contributed by atoms with Gasteiger partial charge in [0.25, 0.3) is 10.0 Å². The molecule has 1 aliphatic rings. The molecule has 1 amide bonds. The average Bonchev–Trinajstić information content (AvgIpc) is 3.53. The van der Waals surface area contributed by atoms with Crippen LogP contribution in [0, 0.1) is 0 Å². The van der Waals surface area contributed by atoms with Gasteiger partial charge in [0, 0.05) is 58.0 Å². The Morgan fingerprint density at radius 2 is 1.79 bits per heavy atom. The lowest BCUT2D eigenvalue weighted by Gasteiger charge is -2.37. The number of hydrogen-bond donors (Lipinski definition) is 1. The molecule has 0 saturated carbocycles. The number of anilines is 2. The minimum absolute atomic E-state index is 0. The lowest BCUT2D eigenvalue weighted by molar-refractivity contribution is -0.134. The first-order valence-corrected chi connectivity index (χ1v) is 13.2. The van der Waals surface area contributed by atoms with Crippen molar-refractivity contribution >= 4 is 49.2 Å². The Kier molecular flexibility index (Phi) is 5.96. The van der Waals surface area contributed by atoms with E-state index in [2.05, 4.69) is 19.0 Å². The largest absolute Gasteiger partial charge is 0.368 e. The van der Waals surface area contributed by atoms with Gasteiger partial charge in [-0.25, -0.2) is 13.4 Å². The summed E-state index contributed by atoms with van der Waals surface area (Å²) in [4.78, 5) is 21.3. The van der Waals surface area contributed by atoms with Crippen molar-refractivity contribution in [1.29, 1.82) is 0 Å². The molecule has 0 unspecified atom stereocenters. The minimum atomic E-state index is -3.71. The topological polar surface area (TPSA) is 100 Å². The highest BCUT2D eigenvalue weighted by atomic mass is 32.2. The van der Waals surface area contributed by atoms with Crippen LogP contribution in [0.25, 0.3) is 10.9 Å². The fourth-order valence-corrected chi connectivity index (χ4v) is 5.90. The average molecular weight is 501 g/mol. The number of carbonyl (C=O) groups excluding carboxylic acids is 1. The summed E-state index contributed by atoms with van der Waals surface area (Å²) in [5, 5.41) is 1.35. The van der Waals surface area contributed by atoms with E-state index in [1.807, 2.05) is 52.9 Å². The van der Waals surface area contributed by atoms with Crippen molar-refractivity contribution in [2.45, 2.75) is 17.9 Å². The van der Waals surface area contributed by atoms with E-state index in [4.69, 9.17) is 0 Å². The van der Waals surface area contributed by atoms with Gasteiger partial charge >= 0.3 is 0 Å². The molecule has 34 heavy (non-hydrogen) atoms. The summed E-state index contributed by atoms with van der Waals surface area (Å²) in [6, 6.07) is 16.6. The number of fused-ring (bicyclic) bond motifs is 1. The zero-order chi connectivity index (χ0) is 23.7. The number of amides is 1. The van der Waals surface area contributed by atoms with Crippen LogP contribution >= 0.6 is 11.5 Å². The molecular weight excluding hydrogens is 472 g/mol. The Morgan fingerprint density at radius 3 is 2.50 bits per heavy atom. The van der Waals surface area contributed by atoms with Crippen molar-refractivity contribution in [2.75, 3.05) is 35.8 Å². The van der Waals surface area contributed by atoms with Crippen LogP contribution in [0.15, 0.2) is 72.0 Å². The number of carbonyl (C=O) groups is 1. The number of piperazine rings is 1. The smallest absolute Gasteiger partial charge is 0.263 e. The normalized spacial score (nSPS) is 15.4. The highest BCUT2D eigenvalue weighted by molar-refractivity contribution is 7.93. The van der Waals surface area contributed by atoms with Crippen LogP contribution in [0.4, 0.5) is 10.8 Å². The predicted molar refractivity (Wildman–Crippen MR) is 137 cm³/mol. The number of aromatic nitrogens is 3. The van der Waals surface area contributed by atoms with Crippen LogP contribution in [-0.2, 0) is 14.8 Å². The lowest BCUT2D eigenvalue weighted by atomic mass is 10.2. The number of rotatable bonds is 6. The Morgan fingerprint density at radius 1 is 1.06 bits per heavy atom. The van der Waals surface area contributed by atoms with Crippen molar-refractivity contribution < 1.29 is 16.1 Å². The second kappa shape index (κ2) is 9.07. The Balaban J connectivity index is 0.00000180. The molecule has 2 aromatic carbocycles. The van der Waals surface area contributed by atoms with Gasteiger partial charge < -0.3 is 14.4 Å². The molecule has 0 spiro atoms. The number of hydrogen-bond acceptors (Lipinski definition) is 7. The molecule has 9 nitrogen and oxygen atoms in total. The number of nitrogens with zero attached hydrogens (tertiary/aromatic N) is 5. The van der Waals surface area contributed by atoms with Gasteiger partial charge in [0.2, 0.25) is 11.0 Å². The molecule has 0 aliphatic carbocycles. The second-order valence-electron chi connectivity index (χ2n) is 8.12. The van der Waals surface area contributed by atoms with Crippen molar-refractivity contribution in [2.24, 2.45) is 0 Å². The van der Waals surface area contributed by atoms with Gasteiger partial charge in [-0.05, 0) is 48.7 Å². The van der Waals surface area contributed by atoms with Gasteiger partial charge in [-0.3, -0.25) is 9.52 Å². The van der Waals surface area contributed by atoms with E-state index in [1.165, 1.54) is 6.33 Å². The molecule has 0 bridgehead atoms. The van der Waals surface area contributed by atoms with Crippen LogP contribution in [0.3, 0.4) is 0 Å². The fourth-order valence-electron chi connectivity index (χ4n) is 4.24. The van der Waals surface area contributed by atoms with E-state index < -0.39 is 10.0 Å². The molecule has 1 aliphatic heterocycles. The SMILES string of the molecule is C[C@@H](C(=O)N1CCN(c2ccc(S(=O)(=O)Nc3ncns3)cc2)CC1)n1ccc2ccccc21.[HH].[HH]. The molecule has 1 N–H and O–H groups in total. The van der Waals surface area contributed by atoms with E-state index in [-0.39, 0.29) is 24.8 Å². The number of sulfonamides is 1. The maximum Gasteiger partial charge on any atom is 0.263 e. The van der Waals surface area contributed by atoms with E-state index >= 15 is 0 Å². The second-order valence-corrected chi connectivity index (χ2v) is 10.6. The molecule has 1 saturated heterocycles. The van der Waals surface area contributed by atoms with Crippen LogP contribution in [0.1, 0.15) is 15.8 Å². The third-order valence-electron chi connectivity index (χ3n) is 6.09. The van der Waals surface area contributed by atoms with Crippen molar-refractivity contribution in [3.05, 3.63) is 67.1 Å². The Labute approximate surface area is 204 Å². The highest BCUT2D eigenvalue weighted by Crippen LogP contribution is 2.24. The van der Waals surface area contributed by atoms with E-state index in [9.17, 15) is 13.2 Å². The van der Waals surface area contributed by atoms with Crippen molar-refractivity contribution in [3.63, 3.8) is 0 Å². The zero-order valence-corrected chi connectivity index (χ0v) is 20.2. The maximum atomic E-state index is 13.2. The van der Waals surface area contributed by atoms with Gasteiger partial charge in [-0.2, -0.15) is 4.37 Å². The van der Waals surface area contributed by atoms with Gasteiger partial charge in [0.15, 0.2) is 0 Å². The summed E-state index contributed by atoms with van der Waals surface area (Å²) in [5.74, 6) is 0.102. The minimum Gasteiger partial charge on any atom is -0.368 e. The number of benzene rings is 2. The molecule has 1 fully saturated rings. The van der Waals surface area contributed by atoms with Crippen LogP contribution in [0.2, 0.25) is 0 Å². The maximum absolute atomic E-state index is 13.2. The highest BCUT2D eigenvalue weighted by Gasteiger charge is 2.26. The van der Waals surface area contributed by atoms with Gasteiger partial charge in [0.1, 0.15) is 12.4 Å². The lowest BCUT2D eigenvalue weighted by Crippen LogP contribution is -2.50. The first-order chi connectivity index (χ1) is 16.4. The molecule has 4 aromatic rings. The standard InChI is InChI=1S/C23H24N6O3S2.2H2/c1-17(29-11-10-18-4-2-3-5-21(18)29)22(30)28-14-12-27(13-15-28)19-6-8-20(9-7-19)34(31,32)26-23-24-16-25-33-23;;/h2-11,16-17H,12-15H2,1H3,(H,24,25,26);2*1H/t17-;;/m0../s1. The number of nitrogens with one attached hydrogen (secondary N) is 1. The van der Waals surface area contributed by atoms with E-state index in [1.54, 1.807) is 24.3 Å². The third kappa shape index (κ3) is 4.36. The Hall–Kier alpha value is -3.44. The summed E-state index contributed by atoms with van der Waals surface area (Å²) in [5.41, 5.74) is 1.98. The number of para-hydroxylation sites is 1. The van der Waals surface area contributed by atoms with E-state index in [0.717, 1.165) is 28.1 Å². The quantitative estimate of drug-likeness (QED) is 0.433. The van der Waals surface area contributed by atoms with Gasteiger partial charge in [0.05, 0.1) is 4.90 Å². The van der Waals surface area contributed by atoms with Crippen LogP contribution in [-0.4, -0.2) is 59.3 Å². The summed E-state index contributed by atoms with van der Waals surface area (Å²) >= 11 is 0.981. The first-order valence-electron chi connectivity index (χ1n) is 10.9. The summed E-state index contributed by atoms with van der Waals surface area (Å²) in [7, 11) is -3.71. The monoisotopic (exact) mass is 500 g/mol. The molecule has 5 rings (SSSR count). The molecule has 2 aromatic heterocycles. The van der Waals surface area contributed by atoms with Crippen molar-refractivity contribution in [3.8, 4) is 0 Å². The predicted octanol–water partition coefficient (Wildman–Crippen LogP) is 3.70. The van der Waals surface area contributed by atoms with Crippen LogP contribution < -0.4 is 9.62 Å². The summed E-state index contributed by atoms with van der Waals surface area (Å²) in [6.45, 7) is 4.53. The van der Waals surface area contributed by atoms with Gasteiger partial charge in [-0.15, -0.1) is 0 Å². The van der Waals surface area contributed by atoms with Crippen LogP contribution in [0.5, 0.6) is 0 Å². The fraction of sp³-hybridized carbons (Fsp3) is 0.261.